The van der Waals surface area contributed by atoms with Gasteiger partial charge in [0.1, 0.15) is 11.3 Å². The topological polar surface area (TPSA) is 72.6 Å². The Hall–Kier alpha value is -2.30. The predicted octanol–water partition coefficient (Wildman–Crippen LogP) is 2.53. The monoisotopic (exact) mass is 247 g/mol. The Balaban J connectivity index is 2.53. The molecule has 0 unspecified atom stereocenters. The summed E-state index contributed by atoms with van der Waals surface area (Å²) in [6, 6.07) is 6.59. The fourth-order valence-corrected chi connectivity index (χ4v) is 1.66. The third-order valence-corrected chi connectivity index (χ3v) is 2.49. The van der Waals surface area contributed by atoms with Crippen LogP contribution in [0.4, 0.5) is 0 Å². The van der Waals surface area contributed by atoms with Crippen LogP contribution in [0.1, 0.15) is 23.0 Å². The average molecular weight is 247 g/mol. The van der Waals surface area contributed by atoms with Gasteiger partial charge >= 0.3 is 5.97 Å². The number of aromatic nitrogens is 1. The van der Waals surface area contributed by atoms with Gasteiger partial charge < -0.3 is 14.4 Å². The van der Waals surface area contributed by atoms with E-state index in [4.69, 9.17) is 9.26 Å². The van der Waals surface area contributed by atoms with Crippen LogP contribution in [0, 0.1) is 6.92 Å². The molecule has 18 heavy (non-hydrogen) atoms. The first-order valence-corrected chi connectivity index (χ1v) is 5.57. The lowest BCUT2D eigenvalue weighted by Gasteiger charge is -2.04. The number of para-hydroxylation sites is 1. The molecule has 5 nitrogen and oxygen atoms in total. The largest absolute Gasteiger partial charge is 0.507 e. The number of ether oxygens (including phenoxy) is 1. The second kappa shape index (κ2) is 4.91. The average Bonchev–Trinajstić information content (AvgIpc) is 2.72. The molecule has 2 rings (SSSR count). The molecule has 0 aliphatic carbocycles. The number of hydrogen-bond donors (Lipinski definition) is 1. The number of aryl methyl sites for hydroxylation is 1. The molecule has 1 aromatic carbocycles. The fraction of sp³-hybridized carbons (Fsp3) is 0.231. The molecule has 0 bridgehead atoms. The van der Waals surface area contributed by atoms with E-state index >= 15 is 0 Å². The first-order chi connectivity index (χ1) is 8.65. The van der Waals surface area contributed by atoms with Crippen LogP contribution >= 0.6 is 0 Å². The maximum absolute atomic E-state index is 11.8. The van der Waals surface area contributed by atoms with Crippen LogP contribution in [0.3, 0.4) is 0 Å². The van der Waals surface area contributed by atoms with Crippen LogP contribution in [-0.2, 0) is 4.74 Å². The summed E-state index contributed by atoms with van der Waals surface area (Å²) in [7, 11) is 0. The van der Waals surface area contributed by atoms with Crippen molar-refractivity contribution in [2.45, 2.75) is 13.8 Å². The molecule has 94 valence electrons. The van der Waals surface area contributed by atoms with Gasteiger partial charge in [0.05, 0.1) is 17.9 Å². The summed E-state index contributed by atoms with van der Waals surface area (Å²) in [6.45, 7) is 3.64. The number of benzene rings is 1. The molecule has 5 heteroatoms. The quantitative estimate of drug-likeness (QED) is 0.844. The number of carbonyl (C=O) groups excluding carboxylic acids is 1. The maximum atomic E-state index is 11.8. The van der Waals surface area contributed by atoms with Gasteiger partial charge in [-0.2, -0.15) is 0 Å². The first kappa shape index (κ1) is 12.2. The summed E-state index contributed by atoms with van der Waals surface area (Å²) in [5.41, 5.74) is 1.10. The number of rotatable bonds is 3. The van der Waals surface area contributed by atoms with Crippen molar-refractivity contribution in [1.29, 1.82) is 0 Å². The van der Waals surface area contributed by atoms with Gasteiger partial charge in [0, 0.05) is 0 Å². The Labute approximate surface area is 104 Å². The zero-order valence-electron chi connectivity index (χ0n) is 10.1. The minimum atomic E-state index is -0.505. The van der Waals surface area contributed by atoms with E-state index in [2.05, 4.69) is 5.16 Å². The number of phenolic OH excluding ortho intramolecular Hbond substituents is 1. The molecule has 1 N–H and O–H groups in total. The van der Waals surface area contributed by atoms with E-state index in [-0.39, 0.29) is 23.7 Å². The molecule has 1 heterocycles. The summed E-state index contributed by atoms with van der Waals surface area (Å²) in [5, 5.41) is 13.5. The van der Waals surface area contributed by atoms with Gasteiger partial charge in [-0.3, -0.25) is 0 Å². The second-order valence-electron chi connectivity index (χ2n) is 3.71. The van der Waals surface area contributed by atoms with E-state index in [0.29, 0.717) is 11.3 Å². The first-order valence-electron chi connectivity index (χ1n) is 5.57. The minimum Gasteiger partial charge on any atom is -0.507 e. The zero-order valence-corrected chi connectivity index (χ0v) is 10.1. The van der Waals surface area contributed by atoms with E-state index in [1.165, 1.54) is 6.07 Å². The molecular formula is C13H13NO4. The molecule has 0 amide bonds. The molecule has 0 saturated carbocycles. The third-order valence-electron chi connectivity index (χ3n) is 2.49. The lowest BCUT2D eigenvalue weighted by molar-refractivity contribution is 0.0526. The van der Waals surface area contributed by atoms with Crippen LogP contribution in [0.25, 0.3) is 11.3 Å². The molecule has 0 saturated heterocycles. The van der Waals surface area contributed by atoms with Crippen molar-refractivity contribution in [3.63, 3.8) is 0 Å². The molecule has 0 aliphatic heterocycles. The van der Waals surface area contributed by atoms with Crippen molar-refractivity contribution in [2.75, 3.05) is 6.61 Å². The molecule has 0 atom stereocenters. The van der Waals surface area contributed by atoms with Crippen molar-refractivity contribution in [1.82, 2.24) is 5.16 Å². The van der Waals surface area contributed by atoms with Crippen LogP contribution in [0.15, 0.2) is 28.8 Å². The van der Waals surface area contributed by atoms with E-state index in [0.717, 1.165) is 0 Å². The summed E-state index contributed by atoms with van der Waals surface area (Å²) in [6.07, 6.45) is 0. The third kappa shape index (κ3) is 2.07. The standard InChI is InChI=1S/C13H13NO4/c1-3-17-13(16)11-8(2)14-18-12(11)9-6-4-5-7-10(9)15/h4-7,15H,3H2,1-2H3. The van der Waals surface area contributed by atoms with Crippen LogP contribution in [0.5, 0.6) is 5.75 Å². The lowest BCUT2D eigenvalue weighted by Crippen LogP contribution is -2.06. The van der Waals surface area contributed by atoms with Gasteiger partial charge in [-0.05, 0) is 26.0 Å². The van der Waals surface area contributed by atoms with Gasteiger partial charge in [-0.15, -0.1) is 0 Å². The van der Waals surface area contributed by atoms with Gasteiger partial charge in [-0.25, -0.2) is 4.79 Å². The van der Waals surface area contributed by atoms with Gasteiger partial charge in [-0.1, -0.05) is 17.3 Å². The minimum absolute atomic E-state index is 0.0270. The summed E-state index contributed by atoms with van der Waals surface area (Å²) < 4.78 is 10.1. The number of phenols is 1. The Morgan fingerprint density at radius 1 is 1.44 bits per heavy atom. The van der Waals surface area contributed by atoms with Crippen LogP contribution in [0.2, 0.25) is 0 Å². The van der Waals surface area contributed by atoms with E-state index < -0.39 is 5.97 Å². The smallest absolute Gasteiger partial charge is 0.344 e. The Morgan fingerprint density at radius 2 is 2.17 bits per heavy atom. The van der Waals surface area contributed by atoms with Crippen LogP contribution in [-0.4, -0.2) is 22.8 Å². The normalized spacial score (nSPS) is 10.3. The number of nitrogens with zero attached hydrogens (tertiary/aromatic N) is 1. The predicted molar refractivity (Wildman–Crippen MR) is 64.3 cm³/mol. The highest BCUT2D eigenvalue weighted by atomic mass is 16.5. The van der Waals surface area contributed by atoms with Gasteiger partial charge in [0.15, 0.2) is 5.76 Å². The Kier molecular flexibility index (Phi) is 3.32. The molecule has 0 aliphatic rings. The van der Waals surface area contributed by atoms with E-state index in [1.807, 2.05) is 0 Å². The molecule has 0 radical (unpaired) electrons. The molecule has 0 fully saturated rings. The molecular weight excluding hydrogens is 234 g/mol. The maximum Gasteiger partial charge on any atom is 0.344 e. The van der Waals surface area contributed by atoms with E-state index in [9.17, 15) is 9.90 Å². The van der Waals surface area contributed by atoms with Crippen molar-refractivity contribution < 1.29 is 19.2 Å². The molecule has 0 spiro atoms. The van der Waals surface area contributed by atoms with Crippen molar-refractivity contribution in [3.05, 3.63) is 35.5 Å². The fourth-order valence-electron chi connectivity index (χ4n) is 1.66. The molecule has 2 aromatic rings. The summed E-state index contributed by atoms with van der Waals surface area (Å²) in [5.74, 6) is -0.252. The zero-order chi connectivity index (χ0) is 13.1. The number of hydrogen-bond acceptors (Lipinski definition) is 5. The highest BCUT2D eigenvalue weighted by molar-refractivity contribution is 5.97. The van der Waals surface area contributed by atoms with Crippen molar-refractivity contribution in [3.8, 4) is 17.1 Å². The second-order valence-corrected chi connectivity index (χ2v) is 3.71. The Morgan fingerprint density at radius 3 is 2.83 bits per heavy atom. The van der Waals surface area contributed by atoms with Gasteiger partial charge in [0.25, 0.3) is 0 Å². The molecule has 1 aromatic heterocycles. The van der Waals surface area contributed by atoms with Crippen molar-refractivity contribution in [2.24, 2.45) is 0 Å². The number of esters is 1. The highest BCUT2D eigenvalue weighted by Crippen LogP contribution is 2.33. The van der Waals surface area contributed by atoms with E-state index in [1.54, 1.807) is 32.0 Å². The number of aromatic hydroxyl groups is 1. The Bertz CT molecular complexity index is 574. The van der Waals surface area contributed by atoms with Crippen LogP contribution < -0.4 is 0 Å². The highest BCUT2D eigenvalue weighted by Gasteiger charge is 2.24. The number of carbonyl (C=O) groups is 1. The summed E-state index contributed by atoms with van der Waals surface area (Å²) >= 11 is 0. The van der Waals surface area contributed by atoms with Crippen molar-refractivity contribution >= 4 is 5.97 Å². The summed E-state index contributed by atoms with van der Waals surface area (Å²) in [4.78, 5) is 11.8. The SMILES string of the molecule is CCOC(=O)c1c(C)noc1-c1ccccc1O. The van der Waals surface area contributed by atoms with Gasteiger partial charge in [0.2, 0.25) is 0 Å². The lowest BCUT2D eigenvalue weighted by atomic mass is 10.1.